The molecule has 0 aliphatic carbocycles. The van der Waals surface area contributed by atoms with Gasteiger partial charge in [-0.3, -0.25) is 0 Å². The van der Waals surface area contributed by atoms with E-state index in [1.165, 1.54) is 0 Å². The molecule has 0 atom stereocenters. The molecule has 0 fully saturated rings. The zero-order valence-corrected chi connectivity index (χ0v) is 20.9. The monoisotopic (exact) mass is 525 g/mol. The molecule has 0 aliphatic heterocycles. The fraction of sp³-hybridized carbons (Fsp3) is 0.296. The summed E-state index contributed by atoms with van der Waals surface area (Å²) in [4.78, 5) is 13.4. The number of aromatic nitrogens is 1. The molecule has 0 bridgehead atoms. The molecule has 2 aromatic carbocycles. The van der Waals surface area contributed by atoms with Crippen LogP contribution in [0.2, 0.25) is 0 Å². The van der Waals surface area contributed by atoms with Gasteiger partial charge in [-0.15, -0.1) is 0 Å². The van der Waals surface area contributed by atoms with Crippen LogP contribution in [0.1, 0.15) is 51.4 Å². The van der Waals surface area contributed by atoms with E-state index < -0.39 is 5.60 Å². The summed E-state index contributed by atoms with van der Waals surface area (Å²) in [7, 11) is 0. The molecular formula is C27H28INO2. The topological polar surface area (TPSA) is 31.2 Å². The molecular weight excluding hydrogens is 497 g/mol. The quantitative estimate of drug-likeness (QED) is 0.269. The van der Waals surface area contributed by atoms with Crippen LogP contribution < -0.4 is 0 Å². The summed E-state index contributed by atoms with van der Waals surface area (Å²) in [6, 6.07) is 19.9. The Bertz CT molecular complexity index is 1110. The lowest BCUT2D eigenvalue weighted by molar-refractivity contribution is 0.0535. The first-order chi connectivity index (χ1) is 14.7. The van der Waals surface area contributed by atoms with Crippen LogP contribution in [0.4, 0.5) is 4.79 Å². The lowest BCUT2D eigenvalue weighted by Gasteiger charge is -2.22. The highest BCUT2D eigenvalue weighted by atomic mass is 127. The summed E-state index contributed by atoms with van der Waals surface area (Å²) < 4.78 is 8.51. The van der Waals surface area contributed by atoms with Gasteiger partial charge in [-0.25, -0.2) is 9.36 Å². The Balaban J connectivity index is 2.28. The number of hydrogen-bond donors (Lipinski definition) is 0. The van der Waals surface area contributed by atoms with Crippen LogP contribution in [-0.4, -0.2) is 16.3 Å². The van der Waals surface area contributed by atoms with Crippen LogP contribution in [0.3, 0.4) is 0 Å². The summed E-state index contributed by atoms with van der Waals surface area (Å²) in [5.41, 5.74) is 3.95. The van der Waals surface area contributed by atoms with Gasteiger partial charge in [0.2, 0.25) is 0 Å². The van der Waals surface area contributed by atoms with Gasteiger partial charge in [0.05, 0.1) is 14.8 Å². The van der Waals surface area contributed by atoms with Crippen molar-refractivity contribution in [2.45, 2.75) is 46.6 Å². The standard InChI is InChI=1S/C27H28INO2/c1-19(2)18-23-22(17-16-20-12-8-6-9-13-20)24(28)25(21-14-10-7-11-15-21)29(23)26(30)31-27(3,4)5/h6-15,19H,18H2,1-5H3. The van der Waals surface area contributed by atoms with Crippen LogP contribution in [0.15, 0.2) is 60.7 Å². The molecule has 0 N–H and O–H groups in total. The van der Waals surface area contributed by atoms with Gasteiger partial charge in [0, 0.05) is 11.3 Å². The Hall–Kier alpha value is -2.52. The Morgan fingerprint density at radius 2 is 1.58 bits per heavy atom. The minimum atomic E-state index is -0.592. The molecule has 0 spiro atoms. The van der Waals surface area contributed by atoms with E-state index in [4.69, 9.17) is 4.74 Å². The second kappa shape index (κ2) is 9.74. The number of halogens is 1. The lowest BCUT2D eigenvalue weighted by Crippen LogP contribution is -2.29. The largest absolute Gasteiger partial charge is 0.443 e. The number of hydrogen-bond acceptors (Lipinski definition) is 2. The highest BCUT2D eigenvalue weighted by Crippen LogP contribution is 2.34. The normalized spacial score (nSPS) is 11.2. The highest BCUT2D eigenvalue weighted by Gasteiger charge is 2.29. The van der Waals surface area contributed by atoms with Crippen LogP contribution >= 0.6 is 22.6 Å². The summed E-state index contributed by atoms with van der Waals surface area (Å²) in [5, 5.41) is 0. The van der Waals surface area contributed by atoms with Crippen molar-refractivity contribution in [1.29, 1.82) is 0 Å². The summed E-state index contributed by atoms with van der Waals surface area (Å²) in [6.07, 6.45) is 0.355. The molecule has 0 saturated heterocycles. The Kier molecular flexibility index (Phi) is 7.27. The first kappa shape index (κ1) is 23.1. The van der Waals surface area contributed by atoms with Crippen LogP contribution in [0.25, 0.3) is 11.3 Å². The first-order valence-corrected chi connectivity index (χ1v) is 11.5. The fourth-order valence-corrected chi connectivity index (χ4v) is 4.31. The Labute approximate surface area is 199 Å². The minimum absolute atomic E-state index is 0.354. The molecule has 1 aromatic heterocycles. The lowest BCUT2D eigenvalue weighted by atomic mass is 10.0. The number of ether oxygens (including phenoxy) is 1. The van der Waals surface area contributed by atoms with E-state index in [1.54, 1.807) is 4.57 Å². The van der Waals surface area contributed by atoms with Crippen molar-refractivity contribution in [2.24, 2.45) is 5.92 Å². The second-order valence-electron chi connectivity index (χ2n) is 8.88. The molecule has 0 radical (unpaired) electrons. The second-order valence-corrected chi connectivity index (χ2v) is 9.96. The summed E-state index contributed by atoms with van der Waals surface area (Å²) >= 11 is 2.32. The van der Waals surface area contributed by atoms with E-state index in [9.17, 15) is 4.79 Å². The molecule has 160 valence electrons. The van der Waals surface area contributed by atoms with Crippen molar-refractivity contribution in [1.82, 2.24) is 4.57 Å². The van der Waals surface area contributed by atoms with E-state index in [2.05, 4.69) is 48.3 Å². The average Bonchev–Trinajstić information content (AvgIpc) is 2.97. The number of nitrogens with zero attached hydrogens (tertiary/aromatic N) is 1. The average molecular weight is 525 g/mol. The van der Waals surface area contributed by atoms with Gasteiger partial charge in [0.25, 0.3) is 0 Å². The van der Waals surface area contributed by atoms with Gasteiger partial charge in [0.1, 0.15) is 5.60 Å². The van der Waals surface area contributed by atoms with Crippen molar-refractivity contribution < 1.29 is 9.53 Å². The van der Waals surface area contributed by atoms with Crippen LogP contribution in [-0.2, 0) is 11.2 Å². The third kappa shape index (κ3) is 5.80. The van der Waals surface area contributed by atoms with Gasteiger partial charge in [-0.2, -0.15) is 0 Å². The zero-order valence-electron chi connectivity index (χ0n) is 18.7. The molecule has 31 heavy (non-hydrogen) atoms. The SMILES string of the molecule is CC(C)Cc1c(C#Cc2ccccc2)c(I)c(-c2ccccc2)n1C(=O)OC(C)(C)C. The minimum Gasteiger partial charge on any atom is -0.443 e. The Morgan fingerprint density at radius 1 is 1.00 bits per heavy atom. The number of carbonyl (C=O) groups excluding carboxylic acids is 1. The van der Waals surface area contributed by atoms with E-state index in [0.29, 0.717) is 5.92 Å². The molecule has 0 aliphatic rings. The van der Waals surface area contributed by atoms with E-state index in [0.717, 1.165) is 38.1 Å². The molecule has 0 unspecified atom stereocenters. The third-order valence-corrected chi connectivity index (χ3v) is 5.59. The van der Waals surface area contributed by atoms with E-state index >= 15 is 0 Å². The molecule has 3 rings (SSSR count). The molecule has 0 saturated carbocycles. The number of carbonyl (C=O) groups is 1. The van der Waals surface area contributed by atoms with E-state index in [1.807, 2.05) is 81.4 Å². The van der Waals surface area contributed by atoms with E-state index in [-0.39, 0.29) is 6.09 Å². The maximum Gasteiger partial charge on any atom is 0.419 e. The fourth-order valence-electron chi connectivity index (χ4n) is 3.31. The van der Waals surface area contributed by atoms with Gasteiger partial charge >= 0.3 is 6.09 Å². The molecule has 4 heteroatoms. The molecule has 0 amide bonds. The summed E-state index contributed by atoms with van der Waals surface area (Å²) in [5.74, 6) is 6.99. The van der Waals surface area contributed by atoms with Crippen molar-refractivity contribution in [3.63, 3.8) is 0 Å². The van der Waals surface area contributed by atoms with Gasteiger partial charge in [-0.05, 0) is 73.4 Å². The predicted molar refractivity (Wildman–Crippen MR) is 135 cm³/mol. The molecule has 3 nitrogen and oxygen atoms in total. The smallest absolute Gasteiger partial charge is 0.419 e. The van der Waals surface area contributed by atoms with Crippen LogP contribution in [0.5, 0.6) is 0 Å². The molecule has 1 heterocycles. The highest BCUT2D eigenvalue weighted by molar-refractivity contribution is 14.1. The van der Waals surface area contributed by atoms with Crippen molar-refractivity contribution >= 4 is 28.7 Å². The van der Waals surface area contributed by atoms with Crippen molar-refractivity contribution in [3.8, 4) is 23.1 Å². The van der Waals surface area contributed by atoms with Crippen molar-refractivity contribution in [2.75, 3.05) is 0 Å². The summed E-state index contributed by atoms with van der Waals surface area (Å²) in [6.45, 7) is 9.96. The number of benzene rings is 2. The van der Waals surface area contributed by atoms with Gasteiger partial charge in [-0.1, -0.05) is 74.2 Å². The van der Waals surface area contributed by atoms with Crippen LogP contribution in [0, 0.1) is 21.3 Å². The Morgan fingerprint density at radius 3 is 2.13 bits per heavy atom. The predicted octanol–water partition coefficient (Wildman–Crippen LogP) is 7.14. The first-order valence-electron chi connectivity index (χ1n) is 10.5. The number of rotatable bonds is 3. The van der Waals surface area contributed by atoms with Gasteiger partial charge in [0.15, 0.2) is 0 Å². The maximum absolute atomic E-state index is 13.4. The molecule has 3 aromatic rings. The van der Waals surface area contributed by atoms with Gasteiger partial charge < -0.3 is 4.74 Å². The van der Waals surface area contributed by atoms with Crippen molar-refractivity contribution in [3.05, 3.63) is 81.1 Å². The zero-order chi connectivity index (χ0) is 22.6. The third-order valence-electron chi connectivity index (χ3n) is 4.54. The maximum atomic E-state index is 13.4.